The highest BCUT2D eigenvalue weighted by atomic mass is 16.6. The molecule has 3 amide bonds. The van der Waals surface area contributed by atoms with Crippen molar-refractivity contribution in [3.63, 3.8) is 0 Å². The highest BCUT2D eigenvalue weighted by Crippen LogP contribution is 2.02. The van der Waals surface area contributed by atoms with Crippen LogP contribution in [0.1, 0.15) is 12.0 Å². The number of amides is 3. The lowest BCUT2D eigenvalue weighted by Gasteiger charge is -2.18. The van der Waals surface area contributed by atoms with E-state index in [9.17, 15) is 24.0 Å². The summed E-state index contributed by atoms with van der Waals surface area (Å²) in [6, 6.07) is 7.64. The number of aliphatic carboxylic acids is 1. The Morgan fingerprint density at radius 3 is 2.39 bits per heavy atom. The highest BCUT2D eigenvalue weighted by Gasteiger charge is 2.22. The Kier molecular flexibility index (Phi) is 10.1. The van der Waals surface area contributed by atoms with Crippen molar-refractivity contribution < 1.29 is 38.6 Å². The second-order valence-corrected chi connectivity index (χ2v) is 5.34. The van der Waals surface area contributed by atoms with E-state index in [2.05, 4.69) is 16.0 Å². The van der Waals surface area contributed by atoms with E-state index < -0.39 is 36.6 Å². The van der Waals surface area contributed by atoms with Crippen LogP contribution in [0.15, 0.2) is 30.3 Å². The molecule has 1 rings (SSSR count). The molecule has 1 aromatic rings. The highest BCUT2D eigenvalue weighted by molar-refractivity contribution is 5.88. The standard InChI is InChI=1S/C17H21N3O8/c21-8-7-18-16(25)27-9-6-13(15(24)19-10-14(22)23)20-17(26)28-11-12-4-2-1-3-5-12/h1-5,8,13H,6-7,9-11H2,(H,18,25)(H,19,24)(H,20,26)(H,22,23). The Bertz CT molecular complexity index is 680. The van der Waals surface area contributed by atoms with Crippen molar-refractivity contribution in [3.05, 3.63) is 35.9 Å². The Balaban J connectivity index is 2.54. The second kappa shape index (κ2) is 12.7. The first-order chi connectivity index (χ1) is 13.4. The van der Waals surface area contributed by atoms with Crippen LogP contribution in [0.2, 0.25) is 0 Å². The Morgan fingerprint density at radius 1 is 1.04 bits per heavy atom. The fraction of sp³-hybridized carbons (Fsp3) is 0.353. The van der Waals surface area contributed by atoms with E-state index in [0.717, 1.165) is 5.56 Å². The zero-order valence-electron chi connectivity index (χ0n) is 14.9. The molecule has 0 aromatic heterocycles. The van der Waals surface area contributed by atoms with Crippen LogP contribution in [-0.2, 0) is 30.5 Å². The lowest BCUT2D eigenvalue weighted by molar-refractivity contribution is -0.138. The number of alkyl carbamates (subject to hydrolysis) is 2. The summed E-state index contributed by atoms with van der Waals surface area (Å²) in [7, 11) is 0. The van der Waals surface area contributed by atoms with Gasteiger partial charge >= 0.3 is 18.2 Å². The van der Waals surface area contributed by atoms with Crippen LogP contribution in [0.4, 0.5) is 9.59 Å². The van der Waals surface area contributed by atoms with Crippen molar-refractivity contribution >= 4 is 30.3 Å². The zero-order chi connectivity index (χ0) is 20.8. The van der Waals surface area contributed by atoms with E-state index in [-0.39, 0.29) is 26.2 Å². The number of aldehydes is 1. The average Bonchev–Trinajstić information content (AvgIpc) is 2.68. The lowest BCUT2D eigenvalue weighted by atomic mass is 10.2. The van der Waals surface area contributed by atoms with E-state index in [0.29, 0.717) is 6.29 Å². The van der Waals surface area contributed by atoms with Crippen molar-refractivity contribution in [3.8, 4) is 0 Å². The van der Waals surface area contributed by atoms with Crippen molar-refractivity contribution in [2.24, 2.45) is 0 Å². The quantitative estimate of drug-likeness (QED) is 0.375. The number of carboxylic acids is 1. The number of ether oxygens (including phenoxy) is 2. The summed E-state index contributed by atoms with van der Waals surface area (Å²) in [4.78, 5) is 56.0. The first-order valence-electron chi connectivity index (χ1n) is 8.23. The zero-order valence-corrected chi connectivity index (χ0v) is 14.9. The van der Waals surface area contributed by atoms with Crippen molar-refractivity contribution in [1.82, 2.24) is 16.0 Å². The molecule has 28 heavy (non-hydrogen) atoms. The molecule has 11 heteroatoms. The number of hydrogen-bond donors (Lipinski definition) is 4. The molecule has 0 saturated carbocycles. The number of nitrogens with one attached hydrogen (secondary N) is 3. The van der Waals surface area contributed by atoms with Gasteiger partial charge in [0.05, 0.1) is 13.2 Å². The molecular weight excluding hydrogens is 374 g/mol. The van der Waals surface area contributed by atoms with Gasteiger partial charge in [-0.3, -0.25) is 9.59 Å². The van der Waals surface area contributed by atoms with E-state index in [4.69, 9.17) is 14.6 Å². The topological polar surface area (TPSA) is 160 Å². The molecule has 11 nitrogen and oxygen atoms in total. The number of benzene rings is 1. The monoisotopic (exact) mass is 395 g/mol. The summed E-state index contributed by atoms with van der Waals surface area (Å²) in [6.45, 7) is -1.17. The number of carbonyl (C=O) groups excluding carboxylic acids is 4. The molecule has 4 N–H and O–H groups in total. The average molecular weight is 395 g/mol. The van der Waals surface area contributed by atoms with Gasteiger partial charge in [0.1, 0.15) is 25.5 Å². The summed E-state index contributed by atoms with van der Waals surface area (Å²) in [6.07, 6.45) is -1.44. The van der Waals surface area contributed by atoms with Gasteiger partial charge in [-0.1, -0.05) is 30.3 Å². The Hall–Kier alpha value is -3.63. The summed E-state index contributed by atoms with van der Waals surface area (Å²) in [5, 5.41) is 15.2. The van der Waals surface area contributed by atoms with Crippen LogP contribution in [0, 0.1) is 0 Å². The van der Waals surface area contributed by atoms with Gasteiger partial charge in [-0.25, -0.2) is 9.59 Å². The van der Waals surface area contributed by atoms with Gasteiger partial charge in [-0.2, -0.15) is 0 Å². The molecule has 1 aromatic carbocycles. The van der Waals surface area contributed by atoms with Crippen LogP contribution in [0.3, 0.4) is 0 Å². The number of carboxylic acid groups (broad SMARTS) is 1. The third-order valence-corrected chi connectivity index (χ3v) is 3.20. The van der Waals surface area contributed by atoms with Gasteiger partial charge in [0.25, 0.3) is 0 Å². The Labute approximate surface area is 160 Å². The maximum absolute atomic E-state index is 12.1. The molecule has 0 heterocycles. The summed E-state index contributed by atoms with van der Waals surface area (Å²) in [5.74, 6) is -2.04. The molecule has 0 bridgehead atoms. The van der Waals surface area contributed by atoms with Gasteiger partial charge in [-0.05, 0) is 5.56 Å². The predicted molar refractivity (Wildman–Crippen MR) is 94.2 cm³/mol. The molecule has 1 atom stereocenters. The SMILES string of the molecule is O=CCNC(=O)OCCC(NC(=O)OCc1ccccc1)C(=O)NCC(=O)O. The number of hydrogen-bond acceptors (Lipinski definition) is 7. The third kappa shape index (κ3) is 9.75. The van der Waals surface area contributed by atoms with E-state index in [1.165, 1.54) is 0 Å². The van der Waals surface area contributed by atoms with Crippen molar-refractivity contribution in [1.29, 1.82) is 0 Å². The predicted octanol–water partition coefficient (Wildman–Crippen LogP) is -0.203. The van der Waals surface area contributed by atoms with Crippen LogP contribution in [0.5, 0.6) is 0 Å². The summed E-state index contributed by atoms with van der Waals surface area (Å²) >= 11 is 0. The maximum Gasteiger partial charge on any atom is 0.408 e. The van der Waals surface area contributed by atoms with Crippen molar-refractivity contribution in [2.45, 2.75) is 19.1 Å². The van der Waals surface area contributed by atoms with Crippen LogP contribution >= 0.6 is 0 Å². The van der Waals surface area contributed by atoms with Gasteiger partial charge in [-0.15, -0.1) is 0 Å². The van der Waals surface area contributed by atoms with Crippen LogP contribution in [-0.4, -0.2) is 61.2 Å². The molecule has 0 fully saturated rings. The molecule has 0 spiro atoms. The fourth-order valence-corrected chi connectivity index (χ4v) is 1.91. The van der Waals surface area contributed by atoms with Gasteiger partial charge in [0.15, 0.2) is 0 Å². The molecule has 0 aliphatic rings. The Morgan fingerprint density at radius 2 is 1.75 bits per heavy atom. The van der Waals surface area contributed by atoms with Crippen LogP contribution < -0.4 is 16.0 Å². The smallest absolute Gasteiger partial charge is 0.408 e. The van der Waals surface area contributed by atoms with Crippen LogP contribution in [0.25, 0.3) is 0 Å². The van der Waals surface area contributed by atoms with E-state index in [1.807, 2.05) is 0 Å². The minimum absolute atomic E-state index is 0.0270. The normalized spacial score (nSPS) is 10.9. The molecule has 1 unspecified atom stereocenters. The molecule has 0 saturated heterocycles. The molecule has 0 aliphatic heterocycles. The molecular formula is C17H21N3O8. The first-order valence-corrected chi connectivity index (χ1v) is 8.23. The van der Waals surface area contributed by atoms with Gasteiger partial charge in [0, 0.05) is 6.42 Å². The fourth-order valence-electron chi connectivity index (χ4n) is 1.91. The third-order valence-electron chi connectivity index (χ3n) is 3.20. The minimum Gasteiger partial charge on any atom is -0.480 e. The second-order valence-electron chi connectivity index (χ2n) is 5.34. The van der Waals surface area contributed by atoms with Gasteiger partial charge in [0.2, 0.25) is 5.91 Å². The molecule has 152 valence electrons. The largest absolute Gasteiger partial charge is 0.480 e. The lowest BCUT2D eigenvalue weighted by Crippen LogP contribution is -2.48. The number of rotatable bonds is 11. The van der Waals surface area contributed by atoms with E-state index in [1.54, 1.807) is 30.3 Å². The van der Waals surface area contributed by atoms with E-state index >= 15 is 0 Å². The summed E-state index contributed by atoms with van der Waals surface area (Å²) in [5.41, 5.74) is 0.736. The van der Waals surface area contributed by atoms with Crippen molar-refractivity contribution in [2.75, 3.05) is 19.7 Å². The maximum atomic E-state index is 12.1. The molecule has 0 radical (unpaired) electrons. The van der Waals surface area contributed by atoms with Gasteiger partial charge < -0.3 is 35.3 Å². The summed E-state index contributed by atoms with van der Waals surface area (Å²) < 4.78 is 9.77. The molecule has 0 aliphatic carbocycles. The minimum atomic E-state index is -1.26. The number of carbonyl (C=O) groups is 5. The first kappa shape index (κ1) is 22.4.